The number of ether oxygens (including phenoxy) is 1. The van der Waals surface area contributed by atoms with Crippen molar-refractivity contribution < 1.29 is 47.6 Å². The van der Waals surface area contributed by atoms with Gasteiger partial charge in [0.25, 0.3) is 0 Å². The topological polar surface area (TPSA) is 133 Å². The van der Waals surface area contributed by atoms with Gasteiger partial charge in [-0.15, -0.1) is 0 Å². The van der Waals surface area contributed by atoms with Gasteiger partial charge in [0.05, 0.1) is 29.6 Å². The van der Waals surface area contributed by atoms with Crippen LogP contribution in [0.1, 0.15) is 68.7 Å². The molecule has 38 heavy (non-hydrogen) atoms. The third-order valence-electron chi connectivity index (χ3n) is 7.44. The van der Waals surface area contributed by atoms with Crippen molar-refractivity contribution >= 4 is 17.5 Å². The summed E-state index contributed by atoms with van der Waals surface area (Å²) in [5.41, 5.74) is 0.993. The first-order valence-electron chi connectivity index (χ1n) is 12.1. The smallest absolute Gasteiger partial charge is 0.471 e. The van der Waals surface area contributed by atoms with Gasteiger partial charge in [0.1, 0.15) is 11.9 Å². The first kappa shape index (κ1) is 25.9. The first-order chi connectivity index (χ1) is 17.9. The zero-order chi connectivity index (χ0) is 27.5. The van der Waals surface area contributed by atoms with Gasteiger partial charge in [-0.3, -0.25) is 14.4 Å². The summed E-state index contributed by atoms with van der Waals surface area (Å²) < 4.78 is 44.2. The number of rotatable bonds is 3. The van der Waals surface area contributed by atoms with Crippen LogP contribution < -0.4 is 5.32 Å². The molecule has 5 atom stereocenters. The second kappa shape index (κ2) is 9.25. The summed E-state index contributed by atoms with van der Waals surface area (Å²) in [7, 11) is 0. The standard InChI is InChI=1S/C27H24F3NO7/c1-11-22(33)18(31-26(37)27(28,29)30)10-13(38-11)9-16-19(32)7-6-12-8-17-21(25(36)20(12)16)24(35)15-5-3-2-4-14(15)23(17)34/h2-5,7-8,11,13,16,18,22,32-33,36H,6,9-10H2,1H3,(H,31,37)/t11-,13-,16?,18-,22+/m0/s1. The van der Waals surface area contributed by atoms with E-state index in [1.165, 1.54) is 31.2 Å². The van der Waals surface area contributed by atoms with Crippen LogP contribution in [0.25, 0.3) is 0 Å². The lowest BCUT2D eigenvalue weighted by molar-refractivity contribution is -0.179. The number of phenolic OH excluding ortho intramolecular Hbond substituents is 1. The van der Waals surface area contributed by atoms with Gasteiger partial charge in [-0.2, -0.15) is 13.2 Å². The highest BCUT2D eigenvalue weighted by Gasteiger charge is 2.45. The molecule has 11 heteroatoms. The molecule has 5 rings (SSSR count). The molecular weight excluding hydrogens is 507 g/mol. The number of aromatic hydroxyl groups is 1. The molecule has 0 spiro atoms. The third kappa shape index (κ3) is 4.25. The maximum Gasteiger partial charge on any atom is 0.471 e. The number of alkyl halides is 3. The molecule has 1 heterocycles. The summed E-state index contributed by atoms with van der Waals surface area (Å²) in [6, 6.07) is 6.52. The van der Waals surface area contributed by atoms with Gasteiger partial charge in [0.2, 0.25) is 0 Å². The predicted octanol–water partition coefficient (Wildman–Crippen LogP) is 3.22. The number of carbonyl (C=O) groups is 3. The number of benzene rings is 2. The number of fused-ring (bicyclic) bond motifs is 3. The predicted molar refractivity (Wildman–Crippen MR) is 126 cm³/mol. The lowest BCUT2D eigenvalue weighted by Gasteiger charge is -2.40. The van der Waals surface area contributed by atoms with E-state index in [0.717, 1.165) is 0 Å². The number of aliphatic hydroxyl groups excluding tert-OH is 2. The first-order valence-corrected chi connectivity index (χ1v) is 12.1. The minimum absolute atomic E-state index is 0.0319. The van der Waals surface area contributed by atoms with E-state index in [9.17, 15) is 42.9 Å². The Balaban J connectivity index is 1.48. The lowest BCUT2D eigenvalue weighted by Crippen LogP contribution is -2.57. The van der Waals surface area contributed by atoms with Gasteiger partial charge in [-0.1, -0.05) is 24.3 Å². The third-order valence-corrected chi connectivity index (χ3v) is 7.44. The monoisotopic (exact) mass is 531 g/mol. The van der Waals surface area contributed by atoms with Crippen molar-refractivity contribution in [1.82, 2.24) is 5.32 Å². The zero-order valence-electron chi connectivity index (χ0n) is 20.1. The van der Waals surface area contributed by atoms with Crippen LogP contribution in [0, 0.1) is 0 Å². The molecule has 1 aliphatic heterocycles. The van der Waals surface area contributed by atoms with Crippen LogP contribution >= 0.6 is 0 Å². The molecule has 3 aliphatic rings. The maximum absolute atomic E-state index is 13.3. The van der Waals surface area contributed by atoms with E-state index in [-0.39, 0.29) is 52.8 Å². The van der Waals surface area contributed by atoms with E-state index in [0.29, 0.717) is 5.56 Å². The summed E-state index contributed by atoms with van der Waals surface area (Å²) in [6.07, 6.45) is -6.85. The number of carbonyl (C=O) groups excluding carboxylic acids is 3. The molecule has 0 radical (unpaired) electrons. The van der Waals surface area contributed by atoms with E-state index in [4.69, 9.17) is 4.74 Å². The number of hydrogen-bond donors (Lipinski definition) is 4. The van der Waals surface area contributed by atoms with E-state index >= 15 is 0 Å². The number of allylic oxidation sites excluding steroid dienone is 2. The van der Waals surface area contributed by atoms with Crippen LogP contribution in [0.4, 0.5) is 13.2 Å². The largest absolute Gasteiger partial charge is 0.512 e. The van der Waals surface area contributed by atoms with Gasteiger partial charge in [-0.05, 0) is 43.9 Å². The van der Waals surface area contributed by atoms with Crippen molar-refractivity contribution in [2.24, 2.45) is 0 Å². The van der Waals surface area contributed by atoms with Gasteiger partial charge in [0.15, 0.2) is 11.6 Å². The SMILES string of the molecule is C[C@@H]1O[C@@H](CC2C(O)=CCc3cc4c(c(O)c32)C(=O)c2ccccc2C4=O)C[C@H](NC(=O)C(F)(F)F)[C@@H]1O. The van der Waals surface area contributed by atoms with Gasteiger partial charge < -0.3 is 25.4 Å². The van der Waals surface area contributed by atoms with Crippen LogP contribution in [0.2, 0.25) is 0 Å². The van der Waals surface area contributed by atoms with Crippen LogP contribution in [-0.4, -0.2) is 63.3 Å². The van der Waals surface area contributed by atoms with Crippen LogP contribution in [0.3, 0.4) is 0 Å². The number of phenols is 1. The molecule has 0 saturated carbocycles. The van der Waals surface area contributed by atoms with Crippen molar-refractivity contribution in [1.29, 1.82) is 0 Å². The molecule has 1 amide bonds. The van der Waals surface area contributed by atoms with E-state index < -0.39 is 59.7 Å². The number of aliphatic hydroxyl groups is 2. The highest BCUT2D eigenvalue weighted by Crippen LogP contribution is 2.46. The number of hydrogen-bond acceptors (Lipinski definition) is 7. The molecule has 0 aromatic heterocycles. The Bertz CT molecular complexity index is 1380. The average molecular weight is 531 g/mol. The molecule has 8 nitrogen and oxygen atoms in total. The lowest BCUT2D eigenvalue weighted by atomic mass is 9.75. The molecule has 0 bridgehead atoms. The fraction of sp³-hybridized carbons (Fsp3) is 0.370. The van der Waals surface area contributed by atoms with Crippen molar-refractivity contribution in [3.8, 4) is 5.75 Å². The Labute approximate surface area is 214 Å². The van der Waals surface area contributed by atoms with Crippen molar-refractivity contribution in [3.05, 3.63) is 75.5 Å². The van der Waals surface area contributed by atoms with Crippen molar-refractivity contribution in [2.75, 3.05) is 0 Å². The van der Waals surface area contributed by atoms with Crippen molar-refractivity contribution in [2.45, 2.75) is 62.6 Å². The maximum atomic E-state index is 13.3. The zero-order valence-corrected chi connectivity index (χ0v) is 20.1. The molecule has 2 aliphatic carbocycles. The number of ketones is 2. The van der Waals surface area contributed by atoms with Gasteiger partial charge in [0, 0.05) is 28.2 Å². The minimum Gasteiger partial charge on any atom is -0.512 e. The fourth-order valence-electron chi connectivity index (χ4n) is 5.61. The molecule has 2 aromatic rings. The summed E-state index contributed by atoms with van der Waals surface area (Å²) in [5.74, 6) is -4.63. The normalized spacial score (nSPS) is 26.7. The average Bonchev–Trinajstić information content (AvgIpc) is 2.86. The summed E-state index contributed by atoms with van der Waals surface area (Å²) in [6.45, 7) is 1.45. The summed E-state index contributed by atoms with van der Waals surface area (Å²) >= 11 is 0. The van der Waals surface area contributed by atoms with Crippen molar-refractivity contribution in [3.63, 3.8) is 0 Å². The Hall–Kier alpha value is -3.70. The van der Waals surface area contributed by atoms with E-state index in [1.807, 2.05) is 0 Å². The fourth-order valence-corrected chi connectivity index (χ4v) is 5.61. The second-order valence-electron chi connectivity index (χ2n) is 9.81. The second-order valence-corrected chi connectivity index (χ2v) is 9.81. The van der Waals surface area contributed by atoms with E-state index in [2.05, 4.69) is 0 Å². The molecule has 200 valence electrons. The highest BCUT2D eigenvalue weighted by molar-refractivity contribution is 6.29. The Morgan fingerprint density at radius 3 is 2.42 bits per heavy atom. The number of nitrogens with one attached hydrogen (secondary N) is 1. The van der Waals surface area contributed by atoms with E-state index in [1.54, 1.807) is 17.4 Å². The Kier molecular flexibility index (Phi) is 6.31. The minimum atomic E-state index is -5.13. The summed E-state index contributed by atoms with van der Waals surface area (Å²) in [5, 5.41) is 34.2. The van der Waals surface area contributed by atoms with Crippen LogP contribution in [-0.2, 0) is 16.0 Å². The molecule has 1 unspecified atom stereocenters. The molecule has 2 aromatic carbocycles. The number of amides is 1. The molecule has 1 fully saturated rings. The molecule has 1 saturated heterocycles. The molecular formula is C27H24F3NO7. The van der Waals surface area contributed by atoms with Crippen LogP contribution in [0.5, 0.6) is 5.75 Å². The summed E-state index contributed by atoms with van der Waals surface area (Å²) in [4.78, 5) is 37.9. The number of halogens is 3. The highest BCUT2D eigenvalue weighted by atomic mass is 19.4. The quantitative estimate of drug-likeness (QED) is 0.408. The van der Waals surface area contributed by atoms with Gasteiger partial charge >= 0.3 is 12.1 Å². The van der Waals surface area contributed by atoms with Gasteiger partial charge in [-0.25, -0.2) is 0 Å². The Morgan fingerprint density at radius 1 is 1.11 bits per heavy atom. The van der Waals surface area contributed by atoms with Crippen LogP contribution in [0.15, 0.2) is 42.2 Å². The molecule has 4 N–H and O–H groups in total. The Morgan fingerprint density at radius 2 is 1.76 bits per heavy atom.